The van der Waals surface area contributed by atoms with E-state index in [4.69, 9.17) is 45.2 Å². The Morgan fingerprint density at radius 3 is 1.19 bits per heavy atom. The van der Waals surface area contributed by atoms with E-state index in [1.807, 2.05) is 54.6 Å². The molecule has 3 heterocycles. The van der Waals surface area contributed by atoms with Gasteiger partial charge >= 0.3 is 0 Å². The first-order valence-corrected chi connectivity index (χ1v) is 25.6. The quantitative estimate of drug-likeness (QED) is 0.0580. The number of benzene rings is 3. The number of nitrogens with two attached hydrogens (primary N) is 6. The van der Waals surface area contributed by atoms with Crippen molar-refractivity contribution in [1.82, 2.24) is 15.0 Å². The molecule has 14 N–H and O–H groups in total. The van der Waals surface area contributed by atoms with Crippen LogP contribution in [0.25, 0.3) is 0 Å². The second-order valence-corrected chi connectivity index (χ2v) is 24.8. The molecule has 0 aliphatic rings. The largest absolute Gasteiger partial charge is 0.384 e. The molecular formula is C64H95N11O3. The Bertz CT molecular complexity index is 2620. The lowest BCUT2D eigenvalue weighted by Gasteiger charge is -2.19. The zero-order valence-corrected chi connectivity index (χ0v) is 49.4. The Morgan fingerprint density at radius 1 is 0.397 bits per heavy atom. The first-order chi connectivity index (χ1) is 35.1. The maximum atomic E-state index is 10.9. The lowest BCUT2D eigenvalue weighted by atomic mass is 9.86. The van der Waals surface area contributed by atoms with Gasteiger partial charge in [0.1, 0.15) is 23.1 Å². The molecule has 0 spiro atoms. The third kappa shape index (κ3) is 25.5. The summed E-state index contributed by atoms with van der Waals surface area (Å²) >= 11 is 0. The molecule has 424 valence electrons. The lowest BCUT2D eigenvalue weighted by Crippen LogP contribution is -2.16. The smallest absolute Gasteiger partial charge is 0.267 e. The molecule has 0 unspecified atom stereocenters. The lowest BCUT2D eigenvalue weighted by molar-refractivity contribution is 0.0988. The average Bonchev–Trinajstić information content (AvgIpc) is 3.33. The molecule has 78 heavy (non-hydrogen) atoms. The maximum absolute atomic E-state index is 10.9. The number of nitrogen functional groups attached to an aromatic ring is 2. The van der Waals surface area contributed by atoms with E-state index in [-0.39, 0.29) is 57.5 Å². The van der Waals surface area contributed by atoms with E-state index in [2.05, 4.69) is 164 Å². The number of nitrogens with one attached hydrogen (secondary N) is 2. The van der Waals surface area contributed by atoms with Gasteiger partial charge in [-0.1, -0.05) is 199 Å². The molecular weight excluding hydrogens is 971 g/mol. The highest BCUT2D eigenvalue weighted by atomic mass is 16.2. The maximum Gasteiger partial charge on any atom is 0.267 e. The van der Waals surface area contributed by atoms with Gasteiger partial charge in [-0.05, 0) is 108 Å². The van der Waals surface area contributed by atoms with Crippen molar-refractivity contribution in [2.75, 3.05) is 0 Å². The number of hydrogen-bond donors (Lipinski definition) is 8. The van der Waals surface area contributed by atoms with Crippen LogP contribution in [0.15, 0.2) is 128 Å². The summed E-state index contributed by atoms with van der Waals surface area (Å²) < 4.78 is 0. The highest BCUT2D eigenvalue weighted by Crippen LogP contribution is 2.26. The summed E-state index contributed by atoms with van der Waals surface area (Å²) in [6.07, 6.45) is 6.63. The highest BCUT2D eigenvalue weighted by molar-refractivity contribution is 5.95. The van der Waals surface area contributed by atoms with Crippen molar-refractivity contribution in [2.24, 2.45) is 34.4 Å². The van der Waals surface area contributed by atoms with Gasteiger partial charge in [-0.15, -0.1) is 0 Å². The first-order valence-electron chi connectivity index (χ1n) is 25.6. The third-order valence-corrected chi connectivity index (χ3v) is 11.8. The summed E-state index contributed by atoms with van der Waals surface area (Å²) in [7, 11) is 0. The molecule has 0 fully saturated rings. The summed E-state index contributed by atoms with van der Waals surface area (Å²) in [5, 5.41) is 14.4. The van der Waals surface area contributed by atoms with E-state index in [0.29, 0.717) is 29.1 Å². The molecule has 0 aliphatic carbocycles. The minimum absolute atomic E-state index is 0. The Labute approximate surface area is 468 Å². The van der Waals surface area contributed by atoms with E-state index in [1.54, 1.807) is 42.9 Å². The average molecular weight is 1070 g/mol. The second-order valence-electron chi connectivity index (χ2n) is 24.8. The van der Waals surface area contributed by atoms with E-state index in [0.717, 1.165) is 27.8 Å². The summed E-state index contributed by atoms with van der Waals surface area (Å²) in [5.74, 6) is -1.14. The SMILES string of the molecule is C.CC(C)(C)c1ccc(C(=N)N)cc1.CC(C)(C)c1ccc(C(=N)N)nc1.CC(C)(C)c1ccc(CN)cc1.CC(C)(C)c1cccc(C(N)=O)c1.CC(C)(C)c1ccnc(C(N)=O)c1.CC(C)(C)c1cncc(C(N)=O)c1. The monoisotopic (exact) mass is 1070 g/mol. The number of carbonyl (C=O) groups is 3. The molecule has 3 amide bonds. The number of nitrogens with zero attached hydrogens (tertiary/aromatic N) is 3. The fourth-order valence-electron chi connectivity index (χ4n) is 6.44. The van der Waals surface area contributed by atoms with Gasteiger partial charge in [-0.25, -0.2) is 0 Å². The first kappa shape index (κ1) is 70.4. The predicted molar refractivity (Wildman–Crippen MR) is 326 cm³/mol. The Hall–Kier alpha value is -7.58. The molecule has 3 aromatic carbocycles. The molecule has 0 saturated carbocycles. The van der Waals surface area contributed by atoms with Crippen LogP contribution in [0, 0.1) is 10.8 Å². The molecule has 14 nitrogen and oxygen atoms in total. The zero-order valence-electron chi connectivity index (χ0n) is 49.4. The van der Waals surface area contributed by atoms with Crippen molar-refractivity contribution in [3.8, 4) is 0 Å². The molecule has 14 heteroatoms. The van der Waals surface area contributed by atoms with Crippen molar-refractivity contribution < 1.29 is 14.4 Å². The summed E-state index contributed by atoms with van der Waals surface area (Å²) in [6, 6.07) is 33.0. The number of pyridine rings is 3. The van der Waals surface area contributed by atoms with Crippen LogP contribution in [0.4, 0.5) is 0 Å². The predicted octanol–water partition coefficient (Wildman–Crippen LogP) is 12.0. The fourth-order valence-corrected chi connectivity index (χ4v) is 6.44. The summed E-state index contributed by atoms with van der Waals surface area (Å²) in [6.45, 7) is 38.9. The van der Waals surface area contributed by atoms with Crippen molar-refractivity contribution in [3.63, 3.8) is 0 Å². The Balaban J connectivity index is 0.000000910. The molecule has 0 bridgehead atoms. The minimum Gasteiger partial charge on any atom is -0.384 e. The van der Waals surface area contributed by atoms with Gasteiger partial charge in [0.25, 0.3) is 5.91 Å². The number of carbonyl (C=O) groups excluding carboxylic acids is 3. The molecule has 0 saturated heterocycles. The number of aromatic nitrogens is 3. The van der Waals surface area contributed by atoms with Gasteiger partial charge in [-0.3, -0.25) is 40.2 Å². The molecule has 0 atom stereocenters. The number of amides is 3. The molecule has 6 rings (SSSR count). The van der Waals surface area contributed by atoms with Crippen molar-refractivity contribution in [1.29, 1.82) is 10.8 Å². The van der Waals surface area contributed by atoms with Gasteiger partial charge in [0.05, 0.1) is 5.56 Å². The van der Waals surface area contributed by atoms with Crippen LogP contribution >= 0.6 is 0 Å². The van der Waals surface area contributed by atoms with Gasteiger partial charge in [0.2, 0.25) is 11.8 Å². The van der Waals surface area contributed by atoms with Crippen LogP contribution in [0.1, 0.15) is 213 Å². The fraction of sp³-hybridized carbons (Fsp3) is 0.406. The van der Waals surface area contributed by atoms with E-state index in [9.17, 15) is 14.4 Å². The summed E-state index contributed by atoms with van der Waals surface area (Å²) in [5.41, 5.74) is 43.1. The third-order valence-electron chi connectivity index (χ3n) is 11.8. The molecule has 6 aromatic rings. The Morgan fingerprint density at radius 2 is 0.821 bits per heavy atom. The van der Waals surface area contributed by atoms with Crippen molar-refractivity contribution in [2.45, 2.75) is 171 Å². The van der Waals surface area contributed by atoms with Crippen molar-refractivity contribution in [3.05, 3.63) is 195 Å². The number of hydrogen-bond acceptors (Lipinski definition) is 9. The number of primary amides is 3. The van der Waals surface area contributed by atoms with Gasteiger partial charge in [-0.2, -0.15) is 0 Å². The number of amidine groups is 2. The van der Waals surface area contributed by atoms with Crippen LogP contribution in [0.2, 0.25) is 0 Å². The highest BCUT2D eigenvalue weighted by Gasteiger charge is 2.19. The second kappa shape index (κ2) is 29.8. The molecule has 3 aromatic heterocycles. The van der Waals surface area contributed by atoms with Crippen LogP contribution < -0.4 is 34.4 Å². The van der Waals surface area contributed by atoms with Crippen LogP contribution in [-0.2, 0) is 39.0 Å². The standard InChI is InChI=1S/C11H16N2.C11H15NO.C11H17N.C10H15N3.2C10H14N2O.CH4/c1-11(2,3)9-6-4-8(5-7-9)10(12)13;1-11(2,3)9-6-4-5-8(7-9)10(12)13;1-11(2,3)10-6-4-9(8-12)5-7-10;1-10(2,3)7-4-5-8(9(11)12)13-6-7;1-10(2,3)8-4-7(9(11)13)5-12-6-8;1-10(2,3)7-4-5-12-8(6-7)9(11)13;/h4-7H,1-3H3,(H3,12,13);4-7H,1-3H3,(H2,12,13);4-7H,8,12H2,1-3H3;4-6H,1-3H3,(H3,11,12);2*4-6H,1-3H3,(H2,11,13);1H4. The number of rotatable bonds is 6. The normalized spacial score (nSPS) is 11.2. The van der Waals surface area contributed by atoms with Crippen LogP contribution in [0.3, 0.4) is 0 Å². The van der Waals surface area contributed by atoms with Crippen LogP contribution in [0.5, 0.6) is 0 Å². The Kier molecular flexibility index (Phi) is 26.9. The minimum atomic E-state index is -0.480. The molecule has 0 radical (unpaired) electrons. The zero-order chi connectivity index (χ0) is 59.5. The van der Waals surface area contributed by atoms with Gasteiger partial charge in [0, 0.05) is 42.5 Å². The topological polar surface area (TPSA) is 294 Å². The van der Waals surface area contributed by atoms with E-state index >= 15 is 0 Å². The summed E-state index contributed by atoms with van der Waals surface area (Å²) in [4.78, 5) is 44.5. The van der Waals surface area contributed by atoms with Gasteiger partial charge in [0.15, 0.2) is 0 Å². The van der Waals surface area contributed by atoms with Crippen LogP contribution in [-0.4, -0.2) is 44.3 Å². The van der Waals surface area contributed by atoms with Gasteiger partial charge < -0.3 is 34.4 Å². The van der Waals surface area contributed by atoms with E-state index in [1.165, 1.54) is 22.9 Å². The van der Waals surface area contributed by atoms with Crippen molar-refractivity contribution >= 4 is 29.4 Å². The molecule has 0 aliphatic heterocycles. The van der Waals surface area contributed by atoms with E-state index < -0.39 is 11.8 Å².